The summed E-state index contributed by atoms with van der Waals surface area (Å²) in [6.45, 7) is 2.27. The molecule has 0 aromatic rings. The normalized spacial score (nSPS) is 26.5. The Morgan fingerprint density at radius 1 is 1.15 bits per heavy atom. The average molecular weight is 180 g/mol. The SMILES string of the molecule is C.C.CC1=CC=CC1C1CCCC1. The monoisotopic (exact) mass is 180 g/mol. The molecular weight excluding hydrogens is 156 g/mol. The zero-order valence-corrected chi connectivity index (χ0v) is 7.22. The van der Waals surface area contributed by atoms with Crippen LogP contribution in [-0.4, -0.2) is 0 Å². The van der Waals surface area contributed by atoms with E-state index in [1.54, 1.807) is 5.57 Å². The van der Waals surface area contributed by atoms with Gasteiger partial charge in [0.1, 0.15) is 0 Å². The molecule has 0 aromatic heterocycles. The Morgan fingerprint density at radius 3 is 2.23 bits per heavy atom. The number of rotatable bonds is 1. The molecule has 0 N–H and O–H groups in total. The van der Waals surface area contributed by atoms with Crippen LogP contribution in [0.5, 0.6) is 0 Å². The van der Waals surface area contributed by atoms with Crippen LogP contribution < -0.4 is 0 Å². The summed E-state index contributed by atoms with van der Waals surface area (Å²) in [4.78, 5) is 0. The van der Waals surface area contributed by atoms with Crippen molar-refractivity contribution in [1.29, 1.82) is 0 Å². The molecule has 2 rings (SSSR count). The van der Waals surface area contributed by atoms with Gasteiger partial charge < -0.3 is 0 Å². The molecular formula is C13H24. The third-order valence-corrected chi connectivity index (χ3v) is 3.11. The molecule has 0 spiro atoms. The van der Waals surface area contributed by atoms with Gasteiger partial charge in [0.05, 0.1) is 0 Å². The van der Waals surface area contributed by atoms with Gasteiger partial charge in [-0.3, -0.25) is 0 Å². The first-order valence-electron chi connectivity index (χ1n) is 4.73. The van der Waals surface area contributed by atoms with Gasteiger partial charge in [0, 0.05) is 5.92 Å². The number of hydrogen-bond donors (Lipinski definition) is 0. The fourth-order valence-corrected chi connectivity index (χ4v) is 2.44. The van der Waals surface area contributed by atoms with Gasteiger partial charge in [0.2, 0.25) is 0 Å². The van der Waals surface area contributed by atoms with Crippen molar-refractivity contribution in [1.82, 2.24) is 0 Å². The minimum absolute atomic E-state index is 0. The van der Waals surface area contributed by atoms with E-state index in [1.807, 2.05) is 0 Å². The van der Waals surface area contributed by atoms with Gasteiger partial charge >= 0.3 is 0 Å². The van der Waals surface area contributed by atoms with Crippen molar-refractivity contribution in [3.63, 3.8) is 0 Å². The van der Waals surface area contributed by atoms with Crippen molar-refractivity contribution < 1.29 is 0 Å². The molecule has 0 heterocycles. The Kier molecular flexibility index (Phi) is 5.05. The van der Waals surface area contributed by atoms with Gasteiger partial charge in [-0.1, -0.05) is 51.5 Å². The van der Waals surface area contributed by atoms with Crippen molar-refractivity contribution in [3.05, 3.63) is 23.8 Å². The summed E-state index contributed by atoms with van der Waals surface area (Å²) in [6, 6.07) is 0. The van der Waals surface area contributed by atoms with Gasteiger partial charge in [-0.2, -0.15) is 0 Å². The second-order valence-corrected chi connectivity index (χ2v) is 3.87. The van der Waals surface area contributed by atoms with Crippen LogP contribution >= 0.6 is 0 Å². The lowest BCUT2D eigenvalue weighted by molar-refractivity contribution is 0.456. The molecule has 0 aromatic carbocycles. The molecule has 2 aliphatic rings. The first-order valence-corrected chi connectivity index (χ1v) is 4.73. The molecule has 1 unspecified atom stereocenters. The first kappa shape index (κ1) is 12.5. The van der Waals surface area contributed by atoms with Crippen molar-refractivity contribution in [2.24, 2.45) is 11.8 Å². The summed E-state index contributed by atoms with van der Waals surface area (Å²) in [5, 5.41) is 0. The fourth-order valence-electron chi connectivity index (χ4n) is 2.44. The van der Waals surface area contributed by atoms with E-state index in [-0.39, 0.29) is 14.9 Å². The lowest BCUT2D eigenvalue weighted by atomic mass is 9.88. The van der Waals surface area contributed by atoms with Gasteiger partial charge in [0.25, 0.3) is 0 Å². The maximum atomic E-state index is 2.38. The molecule has 0 saturated heterocycles. The number of hydrogen-bond acceptors (Lipinski definition) is 0. The van der Waals surface area contributed by atoms with E-state index in [0.29, 0.717) is 0 Å². The summed E-state index contributed by atoms with van der Waals surface area (Å²) >= 11 is 0. The fraction of sp³-hybridized carbons (Fsp3) is 0.692. The summed E-state index contributed by atoms with van der Waals surface area (Å²) in [5.74, 6) is 1.78. The minimum atomic E-state index is 0. The van der Waals surface area contributed by atoms with Crippen LogP contribution in [-0.2, 0) is 0 Å². The molecule has 1 saturated carbocycles. The van der Waals surface area contributed by atoms with Crippen LogP contribution in [0.2, 0.25) is 0 Å². The molecule has 76 valence electrons. The zero-order valence-electron chi connectivity index (χ0n) is 7.22. The van der Waals surface area contributed by atoms with E-state index in [0.717, 1.165) is 11.8 Å². The second-order valence-electron chi connectivity index (χ2n) is 3.87. The van der Waals surface area contributed by atoms with Gasteiger partial charge in [-0.15, -0.1) is 0 Å². The smallest absolute Gasteiger partial charge is 0.000849 e. The van der Waals surface area contributed by atoms with Crippen LogP contribution in [0.15, 0.2) is 23.8 Å². The molecule has 1 atom stereocenters. The highest BCUT2D eigenvalue weighted by atomic mass is 14.3. The van der Waals surface area contributed by atoms with Crippen LogP contribution in [0.1, 0.15) is 47.5 Å². The average Bonchev–Trinajstić information content (AvgIpc) is 2.55. The largest absolute Gasteiger partial charge is 0.0776 e. The van der Waals surface area contributed by atoms with Crippen LogP contribution in [0, 0.1) is 11.8 Å². The Hall–Kier alpha value is -0.520. The molecule has 2 aliphatic carbocycles. The highest BCUT2D eigenvalue weighted by Gasteiger charge is 2.25. The Bertz CT molecular complexity index is 192. The molecule has 1 fully saturated rings. The third kappa shape index (κ3) is 2.46. The summed E-state index contributed by atoms with van der Waals surface area (Å²) in [6.07, 6.45) is 12.7. The van der Waals surface area contributed by atoms with Gasteiger partial charge in [0.15, 0.2) is 0 Å². The summed E-state index contributed by atoms with van der Waals surface area (Å²) < 4.78 is 0. The molecule has 0 radical (unpaired) electrons. The second kappa shape index (κ2) is 5.26. The highest BCUT2D eigenvalue weighted by Crippen LogP contribution is 2.37. The molecule has 0 heteroatoms. The number of allylic oxidation sites excluding steroid dienone is 4. The maximum absolute atomic E-state index is 2.38. The predicted octanol–water partition coefficient (Wildman–Crippen LogP) is 4.58. The lowest BCUT2D eigenvalue weighted by Crippen LogP contribution is -2.07. The van der Waals surface area contributed by atoms with Crippen molar-refractivity contribution >= 4 is 0 Å². The van der Waals surface area contributed by atoms with E-state index < -0.39 is 0 Å². The van der Waals surface area contributed by atoms with Crippen molar-refractivity contribution in [3.8, 4) is 0 Å². The van der Waals surface area contributed by atoms with Crippen LogP contribution in [0.3, 0.4) is 0 Å². The minimum Gasteiger partial charge on any atom is -0.0776 e. The third-order valence-electron chi connectivity index (χ3n) is 3.11. The van der Waals surface area contributed by atoms with Gasteiger partial charge in [-0.05, 0) is 25.7 Å². The lowest BCUT2D eigenvalue weighted by Gasteiger charge is -2.17. The van der Waals surface area contributed by atoms with E-state index in [4.69, 9.17) is 0 Å². The topological polar surface area (TPSA) is 0 Å². The molecule has 0 bridgehead atoms. The Balaban J connectivity index is 0.000000720. The van der Waals surface area contributed by atoms with Gasteiger partial charge in [-0.25, -0.2) is 0 Å². The predicted molar refractivity (Wildman–Crippen MR) is 61.8 cm³/mol. The Labute approximate surface area is 83.7 Å². The maximum Gasteiger partial charge on any atom is 0.000849 e. The zero-order chi connectivity index (χ0) is 7.68. The quantitative estimate of drug-likeness (QED) is 0.554. The van der Waals surface area contributed by atoms with E-state index in [1.165, 1.54) is 25.7 Å². The molecule has 0 amide bonds. The molecule has 0 nitrogen and oxygen atoms in total. The molecule has 13 heavy (non-hydrogen) atoms. The van der Waals surface area contributed by atoms with Crippen LogP contribution in [0.4, 0.5) is 0 Å². The first-order chi connectivity index (χ1) is 5.38. The van der Waals surface area contributed by atoms with Crippen LogP contribution in [0.25, 0.3) is 0 Å². The van der Waals surface area contributed by atoms with E-state index >= 15 is 0 Å². The van der Waals surface area contributed by atoms with E-state index in [2.05, 4.69) is 25.2 Å². The highest BCUT2D eigenvalue weighted by molar-refractivity contribution is 5.26. The van der Waals surface area contributed by atoms with Crippen molar-refractivity contribution in [2.45, 2.75) is 47.5 Å². The summed E-state index contributed by atoms with van der Waals surface area (Å²) in [7, 11) is 0. The standard InChI is InChI=1S/C11H16.2CH4/c1-9-5-4-8-11(9)10-6-2-3-7-10;;/h4-5,8,10-11H,2-3,6-7H2,1H3;2*1H4. The Morgan fingerprint density at radius 2 is 1.77 bits per heavy atom. The molecule has 0 aliphatic heterocycles. The van der Waals surface area contributed by atoms with Crippen molar-refractivity contribution in [2.75, 3.05) is 0 Å². The summed E-state index contributed by atoms with van der Waals surface area (Å²) in [5.41, 5.74) is 1.58. The van der Waals surface area contributed by atoms with E-state index in [9.17, 15) is 0 Å².